The summed E-state index contributed by atoms with van der Waals surface area (Å²) >= 11 is 0. The van der Waals surface area contributed by atoms with Gasteiger partial charge in [-0.2, -0.15) is 13.2 Å². The smallest absolute Gasteiger partial charge is 0.496 e. The first kappa shape index (κ1) is 32.9. The lowest BCUT2D eigenvalue weighted by Crippen LogP contribution is -2.48. The molecule has 46 heavy (non-hydrogen) atoms. The van der Waals surface area contributed by atoms with Gasteiger partial charge in [-0.05, 0) is 73.4 Å². The minimum atomic E-state index is -5.63. The number of hydrogen-bond acceptors (Lipinski definition) is 7. The van der Waals surface area contributed by atoms with Gasteiger partial charge in [0, 0.05) is 36.0 Å². The van der Waals surface area contributed by atoms with Gasteiger partial charge in [0.15, 0.2) is 0 Å². The summed E-state index contributed by atoms with van der Waals surface area (Å²) < 4.78 is 83.3. The number of ether oxygens (including phenoxy) is 1. The van der Waals surface area contributed by atoms with Crippen LogP contribution in [0, 0.1) is 23.6 Å². The van der Waals surface area contributed by atoms with E-state index in [1.807, 2.05) is 0 Å². The lowest BCUT2D eigenvalue weighted by atomic mass is 9.83. The predicted molar refractivity (Wildman–Crippen MR) is 156 cm³/mol. The molecule has 244 valence electrons. The number of hydrogen-bond donors (Lipinski definition) is 3. The normalized spacial score (nSPS) is 20.7. The van der Waals surface area contributed by atoms with Crippen molar-refractivity contribution in [2.45, 2.75) is 48.5 Å². The molecule has 1 aromatic heterocycles. The molecule has 2 bridgehead atoms. The summed E-state index contributed by atoms with van der Waals surface area (Å²) in [6.45, 7) is 0. The summed E-state index contributed by atoms with van der Waals surface area (Å²) in [4.78, 5) is 41.2. The molecule has 2 amide bonds. The van der Waals surface area contributed by atoms with E-state index in [-0.39, 0.29) is 52.9 Å². The first-order valence-corrected chi connectivity index (χ1v) is 15.8. The zero-order chi connectivity index (χ0) is 33.4. The summed E-state index contributed by atoms with van der Waals surface area (Å²) in [6.07, 6.45) is 3.59. The number of amides is 2. The minimum Gasteiger partial charge on any atom is -0.496 e. The Labute approximate surface area is 261 Å². The fourth-order valence-electron chi connectivity index (χ4n) is 6.29. The third kappa shape index (κ3) is 6.55. The van der Waals surface area contributed by atoms with E-state index in [0.29, 0.717) is 18.4 Å². The third-order valence-corrected chi connectivity index (χ3v) is 9.98. The van der Waals surface area contributed by atoms with Crippen molar-refractivity contribution in [3.05, 3.63) is 71.7 Å². The molecule has 0 saturated heterocycles. The van der Waals surface area contributed by atoms with E-state index in [2.05, 4.69) is 15.6 Å². The predicted octanol–water partition coefficient (Wildman–Crippen LogP) is 4.99. The van der Waals surface area contributed by atoms with Crippen molar-refractivity contribution in [1.82, 2.24) is 10.3 Å². The topological polar surface area (TPSA) is 152 Å². The van der Waals surface area contributed by atoms with Crippen LogP contribution in [0.4, 0.5) is 23.2 Å². The number of nitrogens with one attached hydrogen (secondary N) is 2. The molecule has 2 aliphatic carbocycles. The van der Waals surface area contributed by atoms with Gasteiger partial charge < -0.3 is 20.5 Å². The molecule has 2 fully saturated rings. The second kappa shape index (κ2) is 12.7. The van der Waals surface area contributed by atoms with Crippen LogP contribution in [0.15, 0.2) is 59.6 Å². The zero-order valence-corrected chi connectivity index (χ0v) is 25.1. The Morgan fingerprint density at radius 1 is 1.07 bits per heavy atom. The number of rotatable bonds is 10. The van der Waals surface area contributed by atoms with E-state index < -0.39 is 55.8 Å². The molecule has 0 spiro atoms. The largest absolute Gasteiger partial charge is 0.501 e. The molecule has 10 nitrogen and oxygen atoms in total. The Morgan fingerprint density at radius 2 is 1.80 bits per heavy atom. The number of carbonyl (C=O) groups excluding carboxylic acids is 2. The second-order valence-electron chi connectivity index (χ2n) is 11.3. The number of nitrogens with zero attached hydrogens (tertiary/aromatic N) is 1. The first-order chi connectivity index (χ1) is 21.7. The Kier molecular flexibility index (Phi) is 9.07. The number of halogens is 4. The fourth-order valence-corrected chi connectivity index (χ4v) is 7.09. The number of sulfone groups is 1. The zero-order valence-electron chi connectivity index (χ0n) is 24.3. The molecular weight excluding hydrogens is 634 g/mol. The molecule has 2 saturated carbocycles. The Morgan fingerprint density at radius 3 is 2.46 bits per heavy atom. The van der Waals surface area contributed by atoms with Crippen LogP contribution in [0.1, 0.15) is 41.6 Å². The van der Waals surface area contributed by atoms with Gasteiger partial charge in [-0.15, -0.1) is 0 Å². The van der Waals surface area contributed by atoms with Crippen LogP contribution in [0.25, 0.3) is 11.3 Å². The summed E-state index contributed by atoms with van der Waals surface area (Å²) in [5, 5.41) is 14.3. The maximum Gasteiger partial charge on any atom is 0.501 e. The number of alkyl halides is 3. The highest BCUT2D eigenvalue weighted by atomic mass is 32.2. The number of benzene rings is 2. The molecule has 0 aliphatic heterocycles. The lowest BCUT2D eigenvalue weighted by molar-refractivity contribution is -0.137. The van der Waals surface area contributed by atoms with Crippen molar-refractivity contribution in [1.29, 1.82) is 0 Å². The highest BCUT2D eigenvalue weighted by Crippen LogP contribution is 2.49. The summed E-state index contributed by atoms with van der Waals surface area (Å²) in [7, 11) is -4.37. The van der Waals surface area contributed by atoms with Crippen LogP contribution in [-0.4, -0.2) is 55.0 Å². The third-order valence-electron chi connectivity index (χ3n) is 8.50. The summed E-state index contributed by atoms with van der Waals surface area (Å²) in [5.41, 5.74) is -4.87. The molecule has 3 aromatic rings. The van der Waals surface area contributed by atoms with Crippen molar-refractivity contribution in [2.24, 2.45) is 17.8 Å². The second-order valence-corrected chi connectivity index (χ2v) is 13.2. The standard InChI is InChI=1S/C31H29F4N3O7S/c1-45-25-14-23(32)21(24-9-5-16(15-36-24)6-10-26(39)40)13-22(25)29(41)38-28-18-8-7-17(11-18)27(28)30(42)37-19-3-2-4-20(12-19)46(43,44)31(33,34)35/h2-5,9,12-15,17-18,27-28H,6-8,10-11H2,1H3,(H,37,42)(H,38,41)(H,39,40). The number of carboxylic acid groups (broad SMARTS) is 1. The first-order valence-electron chi connectivity index (χ1n) is 14.3. The van der Waals surface area contributed by atoms with Gasteiger partial charge in [-0.1, -0.05) is 12.1 Å². The average molecular weight is 664 g/mol. The molecule has 5 rings (SSSR count). The van der Waals surface area contributed by atoms with E-state index in [1.54, 1.807) is 6.07 Å². The number of carboxylic acids is 1. The van der Waals surface area contributed by atoms with Crippen molar-refractivity contribution in [3.8, 4) is 17.0 Å². The highest BCUT2D eigenvalue weighted by molar-refractivity contribution is 7.92. The fraction of sp³-hybridized carbons (Fsp3) is 0.355. The Bertz CT molecular complexity index is 1780. The maximum absolute atomic E-state index is 15.1. The molecule has 2 aromatic carbocycles. The average Bonchev–Trinajstić information content (AvgIpc) is 3.62. The number of carbonyl (C=O) groups is 3. The van der Waals surface area contributed by atoms with Gasteiger partial charge in [-0.3, -0.25) is 19.4 Å². The van der Waals surface area contributed by atoms with Crippen LogP contribution in [-0.2, 0) is 25.8 Å². The molecule has 2 aliphatic rings. The number of aryl methyl sites for hydroxylation is 1. The quantitative estimate of drug-likeness (QED) is 0.257. The Balaban J connectivity index is 1.37. The number of anilines is 1. The Hall–Kier alpha value is -4.53. The van der Waals surface area contributed by atoms with Crippen molar-refractivity contribution < 1.29 is 50.2 Å². The number of fused-ring (bicyclic) bond motifs is 2. The van der Waals surface area contributed by atoms with Gasteiger partial charge in [0.2, 0.25) is 5.91 Å². The van der Waals surface area contributed by atoms with Gasteiger partial charge in [0.25, 0.3) is 15.7 Å². The van der Waals surface area contributed by atoms with E-state index in [0.717, 1.165) is 30.7 Å². The SMILES string of the molecule is COc1cc(F)c(-c2ccc(CCC(=O)O)cn2)cc1C(=O)NC1C2CCC(C2)C1C(=O)Nc1cccc(S(=O)(=O)C(F)(F)F)c1. The minimum absolute atomic E-state index is 0.00772. The number of pyridine rings is 1. The summed E-state index contributed by atoms with van der Waals surface area (Å²) in [5.74, 6) is -3.96. The monoisotopic (exact) mass is 663 g/mol. The van der Waals surface area contributed by atoms with E-state index in [1.165, 1.54) is 31.5 Å². The number of aromatic nitrogens is 1. The number of aliphatic carboxylic acids is 1. The molecule has 15 heteroatoms. The molecule has 1 heterocycles. The molecule has 4 atom stereocenters. The van der Waals surface area contributed by atoms with Crippen molar-refractivity contribution in [3.63, 3.8) is 0 Å². The molecule has 0 radical (unpaired) electrons. The maximum atomic E-state index is 15.1. The van der Waals surface area contributed by atoms with Crippen LogP contribution in [0.2, 0.25) is 0 Å². The van der Waals surface area contributed by atoms with Crippen molar-refractivity contribution in [2.75, 3.05) is 12.4 Å². The van der Waals surface area contributed by atoms with Crippen LogP contribution < -0.4 is 15.4 Å². The number of methoxy groups -OCH3 is 1. The molecule has 3 N–H and O–H groups in total. The van der Waals surface area contributed by atoms with Crippen LogP contribution in [0.5, 0.6) is 5.75 Å². The van der Waals surface area contributed by atoms with Crippen LogP contribution in [0.3, 0.4) is 0 Å². The van der Waals surface area contributed by atoms with Gasteiger partial charge in [0.1, 0.15) is 11.6 Å². The lowest BCUT2D eigenvalue weighted by Gasteiger charge is -2.31. The van der Waals surface area contributed by atoms with E-state index in [4.69, 9.17) is 9.84 Å². The van der Waals surface area contributed by atoms with Crippen molar-refractivity contribution >= 4 is 33.3 Å². The van der Waals surface area contributed by atoms with Gasteiger partial charge in [0.05, 0.1) is 29.2 Å². The highest BCUT2D eigenvalue weighted by Gasteiger charge is 2.52. The van der Waals surface area contributed by atoms with E-state index >= 15 is 4.39 Å². The summed E-state index contributed by atoms with van der Waals surface area (Å²) in [6, 6.07) is 8.65. The van der Waals surface area contributed by atoms with Crippen LogP contribution >= 0.6 is 0 Å². The van der Waals surface area contributed by atoms with E-state index in [9.17, 15) is 36.0 Å². The van der Waals surface area contributed by atoms with Gasteiger partial charge >= 0.3 is 11.5 Å². The molecular formula is C31H29F4N3O7S. The molecule has 4 unspecified atom stereocenters. The van der Waals surface area contributed by atoms with Gasteiger partial charge in [-0.25, -0.2) is 12.8 Å².